The van der Waals surface area contributed by atoms with E-state index < -0.39 is 12.2 Å². The van der Waals surface area contributed by atoms with Crippen LogP contribution < -0.4 is 0 Å². The van der Waals surface area contributed by atoms with Crippen LogP contribution in [0.25, 0.3) is 0 Å². The Balaban J connectivity index is 1.59. The molecule has 126 valence electrons. The standard InChI is InChI=1S/C16H23N3O4/c1-11-3-2-4-12(17-11)16(22)19-7-5-18(6-8-19)13-9-23-10-14(20)15(13)21/h2-4,13-15,20-21H,5-10H2,1H3/t13-,14-,15+/m1/s1. The minimum Gasteiger partial charge on any atom is -0.389 e. The van der Waals surface area contributed by atoms with Crippen LogP contribution in [0.4, 0.5) is 0 Å². The van der Waals surface area contributed by atoms with Gasteiger partial charge in [-0.15, -0.1) is 0 Å². The van der Waals surface area contributed by atoms with E-state index in [9.17, 15) is 15.0 Å². The summed E-state index contributed by atoms with van der Waals surface area (Å²) in [5.74, 6) is -0.0613. The summed E-state index contributed by atoms with van der Waals surface area (Å²) in [5, 5.41) is 19.8. The van der Waals surface area contributed by atoms with Crippen molar-refractivity contribution in [1.29, 1.82) is 0 Å². The molecule has 2 fully saturated rings. The number of rotatable bonds is 2. The maximum absolute atomic E-state index is 12.5. The lowest BCUT2D eigenvalue weighted by atomic mass is 10.0. The molecule has 2 N–H and O–H groups in total. The van der Waals surface area contributed by atoms with Crippen molar-refractivity contribution < 1.29 is 19.7 Å². The van der Waals surface area contributed by atoms with Crippen LogP contribution in [0.15, 0.2) is 18.2 Å². The van der Waals surface area contributed by atoms with Gasteiger partial charge in [0.15, 0.2) is 0 Å². The van der Waals surface area contributed by atoms with Gasteiger partial charge in [-0.1, -0.05) is 6.07 Å². The Hall–Kier alpha value is -1.54. The van der Waals surface area contributed by atoms with E-state index in [1.54, 1.807) is 11.0 Å². The topological polar surface area (TPSA) is 86.1 Å². The third-order valence-electron chi connectivity index (χ3n) is 4.54. The van der Waals surface area contributed by atoms with Crippen molar-refractivity contribution in [3.8, 4) is 0 Å². The molecule has 7 heteroatoms. The number of aryl methyl sites for hydroxylation is 1. The molecular formula is C16H23N3O4. The zero-order valence-corrected chi connectivity index (χ0v) is 13.3. The maximum Gasteiger partial charge on any atom is 0.272 e. The number of hydrogen-bond donors (Lipinski definition) is 2. The van der Waals surface area contributed by atoms with E-state index in [1.165, 1.54) is 0 Å². The van der Waals surface area contributed by atoms with E-state index in [0.717, 1.165) is 5.69 Å². The van der Waals surface area contributed by atoms with Crippen LogP contribution in [0.1, 0.15) is 16.2 Å². The predicted octanol–water partition coefficient (Wildman–Crippen LogP) is -0.732. The van der Waals surface area contributed by atoms with Crippen LogP contribution in [0.3, 0.4) is 0 Å². The molecular weight excluding hydrogens is 298 g/mol. The van der Waals surface area contributed by atoms with Crippen LogP contribution in [-0.2, 0) is 4.74 Å². The summed E-state index contributed by atoms with van der Waals surface area (Å²) in [6, 6.07) is 5.22. The predicted molar refractivity (Wildman–Crippen MR) is 83.1 cm³/mol. The lowest BCUT2D eigenvalue weighted by Crippen LogP contribution is -2.60. The zero-order valence-electron chi connectivity index (χ0n) is 13.3. The summed E-state index contributed by atoms with van der Waals surface area (Å²) in [7, 11) is 0. The SMILES string of the molecule is Cc1cccc(C(=O)N2CCN([C@@H]3COC[C@@H](O)[C@H]3O)CC2)n1. The number of pyridine rings is 1. The second-order valence-corrected chi connectivity index (χ2v) is 6.16. The summed E-state index contributed by atoms with van der Waals surface area (Å²) in [4.78, 5) is 20.6. The molecule has 0 aromatic carbocycles. The van der Waals surface area contributed by atoms with Gasteiger partial charge in [-0.25, -0.2) is 4.98 Å². The Labute approximate surface area is 135 Å². The highest BCUT2D eigenvalue weighted by Crippen LogP contribution is 2.17. The van der Waals surface area contributed by atoms with Crippen molar-refractivity contribution >= 4 is 5.91 Å². The summed E-state index contributed by atoms with van der Waals surface area (Å²) >= 11 is 0. The number of amides is 1. The van der Waals surface area contributed by atoms with Crippen molar-refractivity contribution in [3.63, 3.8) is 0 Å². The van der Waals surface area contributed by atoms with Gasteiger partial charge in [-0.2, -0.15) is 0 Å². The highest BCUT2D eigenvalue weighted by atomic mass is 16.5. The van der Waals surface area contributed by atoms with Gasteiger partial charge in [0.25, 0.3) is 5.91 Å². The number of aliphatic hydroxyl groups is 2. The Morgan fingerprint density at radius 1 is 1.22 bits per heavy atom. The molecule has 1 aromatic rings. The van der Waals surface area contributed by atoms with E-state index in [4.69, 9.17) is 4.74 Å². The number of nitrogens with zero attached hydrogens (tertiary/aromatic N) is 3. The summed E-state index contributed by atoms with van der Waals surface area (Å²) in [6.07, 6.45) is -1.64. The number of ether oxygens (including phenoxy) is 1. The molecule has 1 aromatic heterocycles. The Morgan fingerprint density at radius 2 is 1.96 bits per heavy atom. The number of carbonyl (C=O) groups excluding carboxylic acids is 1. The number of aromatic nitrogens is 1. The first-order chi connectivity index (χ1) is 11.1. The zero-order chi connectivity index (χ0) is 16.4. The van der Waals surface area contributed by atoms with Gasteiger partial charge < -0.3 is 19.8 Å². The van der Waals surface area contributed by atoms with E-state index in [1.807, 2.05) is 19.1 Å². The fourth-order valence-electron chi connectivity index (χ4n) is 3.17. The van der Waals surface area contributed by atoms with Crippen LogP contribution >= 0.6 is 0 Å². The normalized spacial score (nSPS) is 29.5. The molecule has 2 aliphatic heterocycles. The molecule has 3 atom stereocenters. The van der Waals surface area contributed by atoms with Crippen LogP contribution in [0, 0.1) is 6.92 Å². The lowest BCUT2D eigenvalue weighted by molar-refractivity contribution is -0.136. The highest BCUT2D eigenvalue weighted by Gasteiger charge is 2.37. The molecule has 0 unspecified atom stereocenters. The molecule has 23 heavy (non-hydrogen) atoms. The smallest absolute Gasteiger partial charge is 0.272 e. The van der Waals surface area contributed by atoms with Gasteiger partial charge in [0.05, 0.1) is 25.4 Å². The molecule has 0 aliphatic carbocycles. The molecule has 0 radical (unpaired) electrons. The van der Waals surface area contributed by atoms with Crippen molar-refractivity contribution in [3.05, 3.63) is 29.6 Å². The van der Waals surface area contributed by atoms with Crippen molar-refractivity contribution in [2.45, 2.75) is 25.2 Å². The third-order valence-corrected chi connectivity index (χ3v) is 4.54. The molecule has 2 saturated heterocycles. The quantitative estimate of drug-likeness (QED) is 0.747. The van der Waals surface area contributed by atoms with E-state index in [2.05, 4.69) is 9.88 Å². The van der Waals surface area contributed by atoms with Gasteiger partial charge >= 0.3 is 0 Å². The highest BCUT2D eigenvalue weighted by molar-refractivity contribution is 5.92. The van der Waals surface area contributed by atoms with Gasteiger partial charge in [-0.3, -0.25) is 9.69 Å². The Morgan fingerprint density at radius 3 is 2.65 bits per heavy atom. The number of carbonyl (C=O) groups is 1. The molecule has 0 spiro atoms. The number of aliphatic hydroxyl groups excluding tert-OH is 2. The minimum atomic E-state index is -0.843. The first-order valence-electron chi connectivity index (χ1n) is 7.97. The van der Waals surface area contributed by atoms with Crippen molar-refractivity contribution in [2.24, 2.45) is 0 Å². The second kappa shape index (κ2) is 6.92. The molecule has 2 aliphatic rings. The molecule has 3 heterocycles. The monoisotopic (exact) mass is 321 g/mol. The average molecular weight is 321 g/mol. The Bertz CT molecular complexity index is 560. The van der Waals surface area contributed by atoms with E-state index in [0.29, 0.717) is 38.5 Å². The van der Waals surface area contributed by atoms with Crippen molar-refractivity contribution in [2.75, 3.05) is 39.4 Å². The van der Waals surface area contributed by atoms with Gasteiger partial charge in [-0.05, 0) is 19.1 Å². The van der Waals surface area contributed by atoms with Crippen LogP contribution in [-0.4, -0.2) is 88.5 Å². The average Bonchev–Trinajstić information content (AvgIpc) is 2.57. The summed E-state index contributed by atoms with van der Waals surface area (Å²) in [5.41, 5.74) is 1.29. The summed E-state index contributed by atoms with van der Waals surface area (Å²) < 4.78 is 5.33. The Kier molecular flexibility index (Phi) is 4.91. The van der Waals surface area contributed by atoms with E-state index in [-0.39, 0.29) is 18.6 Å². The van der Waals surface area contributed by atoms with Crippen molar-refractivity contribution in [1.82, 2.24) is 14.8 Å². The summed E-state index contributed by atoms with van der Waals surface area (Å²) in [6.45, 7) is 4.90. The second-order valence-electron chi connectivity index (χ2n) is 6.16. The van der Waals surface area contributed by atoms with Gasteiger partial charge in [0.2, 0.25) is 0 Å². The maximum atomic E-state index is 12.5. The largest absolute Gasteiger partial charge is 0.389 e. The molecule has 7 nitrogen and oxygen atoms in total. The number of piperazine rings is 1. The number of hydrogen-bond acceptors (Lipinski definition) is 6. The van der Waals surface area contributed by atoms with Gasteiger partial charge in [0, 0.05) is 31.9 Å². The van der Waals surface area contributed by atoms with Gasteiger partial charge in [0.1, 0.15) is 11.8 Å². The lowest BCUT2D eigenvalue weighted by Gasteiger charge is -2.43. The molecule has 0 bridgehead atoms. The van der Waals surface area contributed by atoms with Crippen LogP contribution in [0.5, 0.6) is 0 Å². The molecule has 0 saturated carbocycles. The third kappa shape index (κ3) is 3.53. The molecule has 1 amide bonds. The molecule has 3 rings (SSSR count). The fourth-order valence-corrected chi connectivity index (χ4v) is 3.17. The van der Waals surface area contributed by atoms with E-state index >= 15 is 0 Å². The minimum absolute atomic E-state index is 0.0613. The first-order valence-corrected chi connectivity index (χ1v) is 7.97. The first kappa shape index (κ1) is 16.3. The van der Waals surface area contributed by atoms with Crippen LogP contribution in [0.2, 0.25) is 0 Å². The fraction of sp³-hybridized carbons (Fsp3) is 0.625.